The second-order valence-corrected chi connectivity index (χ2v) is 15.7. The number of fused-ring (bicyclic) bond motifs is 2. The molecule has 4 aliphatic rings. The number of carbonyl (C=O) groups is 3. The molecule has 2 N–H and O–H groups in total. The first-order valence-electron chi connectivity index (χ1n) is 19.8. The minimum absolute atomic E-state index is 0.00692. The number of urea groups is 1. The molecule has 10 rings (SSSR count). The SMILES string of the molecule is C[C@@H]1C[C@@]1(c1noc(=O)[nH]1)n1c(C(=O)N2CCc3c(nc(N4CCN(c5ccccc5)C4=O)n(-c4ccccc4C(=O)O)c3=O)C2)cc2cc(C3CCOCC3)ccc21. The van der Waals surface area contributed by atoms with Crippen LogP contribution in [0.15, 0.2) is 93.0 Å². The summed E-state index contributed by atoms with van der Waals surface area (Å²) in [4.78, 5) is 80.8. The van der Waals surface area contributed by atoms with Crippen molar-refractivity contribution < 1.29 is 28.8 Å². The van der Waals surface area contributed by atoms with Crippen molar-refractivity contribution in [3.63, 3.8) is 0 Å². The first kappa shape index (κ1) is 36.5. The van der Waals surface area contributed by atoms with Gasteiger partial charge in [0.25, 0.3) is 11.5 Å². The van der Waals surface area contributed by atoms with Crippen LogP contribution >= 0.6 is 0 Å². The number of rotatable bonds is 8. The fourth-order valence-corrected chi connectivity index (χ4v) is 9.31. The van der Waals surface area contributed by atoms with E-state index < -0.39 is 28.9 Å². The van der Waals surface area contributed by atoms with E-state index in [1.165, 1.54) is 21.6 Å². The highest BCUT2D eigenvalue weighted by molar-refractivity contribution is 6.05. The van der Waals surface area contributed by atoms with Crippen molar-refractivity contribution in [1.29, 1.82) is 0 Å². The van der Waals surface area contributed by atoms with Crippen LogP contribution in [0.5, 0.6) is 0 Å². The molecule has 0 bridgehead atoms. The van der Waals surface area contributed by atoms with Crippen LogP contribution in [-0.2, 0) is 23.2 Å². The Morgan fingerprint density at radius 2 is 1.66 bits per heavy atom. The van der Waals surface area contributed by atoms with Gasteiger partial charge in [0.1, 0.15) is 11.2 Å². The van der Waals surface area contributed by atoms with Gasteiger partial charge in [-0.05, 0) is 85.5 Å². The monoisotopic (exact) mass is 796 g/mol. The number of carboxylic acid groups (broad SMARTS) is 1. The number of nitrogens with zero attached hydrogens (tertiary/aromatic N) is 7. The number of nitrogens with one attached hydrogen (secondary N) is 1. The fourth-order valence-electron chi connectivity index (χ4n) is 9.31. The first-order chi connectivity index (χ1) is 28.6. The number of aromatic carboxylic acids is 1. The number of aromatic amines is 1. The Labute approximate surface area is 336 Å². The molecule has 3 aromatic heterocycles. The Kier molecular flexibility index (Phi) is 8.63. The molecule has 6 aromatic rings. The van der Waals surface area contributed by atoms with Gasteiger partial charge in [-0.3, -0.25) is 28.9 Å². The molecule has 2 saturated heterocycles. The second kappa shape index (κ2) is 13.9. The smallest absolute Gasteiger partial charge is 0.438 e. The summed E-state index contributed by atoms with van der Waals surface area (Å²) in [6.07, 6.45) is 2.55. The van der Waals surface area contributed by atoms with Crippen LogP contribution in [0.4, 0.5) is 16.4 Å². The van der Waals surface area contributed by atoms with Gasteiger partial charge < -0.3 is 19.3 Å². The fraction of sp³-hybridized carbons (Fsp3) is 0.326. The molecule has 3 amide bonds. The van der Waals surface area contributed by atoms with Gasteiger partial charge in [0, 0.05) is 55.0 Å². The topological polar surface area (TPSA) is 189 Å². The van der Waals surface area contributed by atoms with Gasteiger partial charge in [-0.1, -0.05) is 48.5 Å². The molecule has 2 atom stereocenters. The Bertz CT molecular complexity index is 2800. The summed E-state index contributed by atoms with van der Waals surface area (Å²) in [6.45, 7) is 4.03. The van der Waals surface area contributed by atoms with Gasteiger partial charge in [0.05, 0.1) is 23.5 Å². The van der Waals surface area contributed by atoms with Crippen molar-refractivity contribution in [2.75, 3.05) is 42.6 Å². The highest BCUT2D eigenvalue weighted by Gasteiger charge is 2.59. The summed E-state index contributed by atoms with van der Waals surface area (Å²) in [5.74, 6) is -1.59. The Hall–Kier alpha value is -6.81. The molecular formula is C43H40N8O8. The summed E-state index contributed by atoms with van der Waals surface area (Å²) in [7, 11) is 0. The lowest BCUT2D eigenvalue weighted by atomic mass is 9.91. The van der Waals surface area contributed by atoms with E-state index in [2.05, 4.69) is 22.3 Å². The molecule has 16 nitrogen and oxygen atoms in total. The molecule has 0 radical (unpaired) electrons. The molecule has 16 heteroatoms. The zero-order chi connectivity index (χ0) is 40.6. The van der Waals surface area contributed by atoms with Gasteiger partial charge in [0.15, 0.2) is 5.82 Å². The molecular weight excluding hydrogens is 757 g/mol. The first-order valence-corrected chi connectivity index (χ1v) is 19.8. The molecule has 1 saturated carbocycles. The van der Waals surface area contributed by atoms with Crippen LogP contribution in [-0.4, -0.2) is 85.0 Å². The molecule has 3 fully saturated rings. The van der Waals surface area contributed by atoms with Crippen molar-refractivity contribution >= 4 is 40.4 Å². The lowest BCUT2D eigenvalue weighted by Gasteiger charge is -2.31. The van der Waals surface area contributed by atoms with E-state index in [4.69, 9.17) is 14.2 Å². The average molecular weight is 797 g/mol. The summed E-state index contributed by atoms with van der Waals surface area (Å²) in [5, 5.41) is 15.1. The summed E-state index contributed by atoms with van der Waals surface area (Å²) >= 11 is 0. The van der Waals surface area contributed by atoms with Crippen LogP contribution in [0, 0.1) is 5.92 Å². The number of H-pyrrole nitrogens is 1. The third-order valence-corrected chi connectivity index (χ3v) is 12.5. The average Bonchev–Trinajstić information content (AvgIpc) is 3.58. The molecule has 59 heavy (non-hydrogen) atoms. The van der Waals surface area contributed by atoms with Crippen LogP contribution in [0.1, 0.15) is 75.6 Å². The van der Waals surface area contributed by atoms with E-state index in [9.17, 15) is 24.3 Å². The normalized spacial score (nSPS) is 20.7. The highest BCUT2D eigenvalue weighted by atomic mass is 16.5. The zero-order valence-electron chi connectivity index (χ0n) is 32.2. The van der Waals surface area contributed by atoms with E-state index in [0.29, 0.717) is 60.6 Å². The van der Waals surface area contributed by atoms with Crippen LogP contribution in [0.2, 0.25) is 0 Å². The van der Waals surface area contributed by atoms with E-state index >= 15 is 4.79 Å². The Balaban J connectivity index is 1.07. The lowest BCUT2D eigenvalue weighted by molar-refractivity contribution is 0.0693. The molecule has 3 aromatic carbocycles. The molecule has 0 unspecified atom stereocenters. The zero-order valence-corrected chi connectivity index (χ0v) is 32.2. The van der Waals surface area contributed by atoms with Crippen LogP contribution in [0.3, 0.4) is 0 Å². The number of ether oxygens (including phenoxy) is 1. The highest BCUT2D eigenvalue weighted by Crippen LogP contribution is 2.56. The summed E-state index contributed by atoms with van der Waals surface area (Å²) in [6, 6.07) is 23.0. The van der Waals surface area contributed by atoms with E-state index in [1.54, 1.807) is 21.9 Å². The van der Waals surface area contributed by atoms with Gasteiger partial charge in [-0.25, -0.2) is 23.9 Å². The van der Waals surface area contributed by atoms with Crippen molar-refractivity contribution in [2.45, 2.75) is 50.6 Å². The number of aromatic nitrogens is 5. The lowest BCUT2D eigenvalue weighted by Crippen LogP contribution is -2.44. The van der Waals surface area contributed by atoms with Crippen molar-refractivity contribution in [3.05, 3.63) is 134 Å². The Morgan fingerprint density at radius 1 is 0.915 bits per heavy atom. The standard InChI is InChI=1S/C43H40N8O8/c1-25-23-43(25,39-45-41(56)59-46-39)51-33-12-11-27(26-14-19-58-20-15-26)21-28(33)22-35(51)37(53)47-16-13-30-32(24-47)44-40(49-18-17-48(42(49)57)29-7-3-2-4-8-29)50(36(30)52)34-10-6-5-9-31(34)38(54)55/h2-12,21-22,25-26H,13-20,23-24H2,1H3,(H,54,55)(H,45,46,56)/t25-,43-/m1/s1. The third kappa shape index (κ3) is 5.88. The van der Waals surface area contributed by atoms with Gasteiger partial charge in [0.2, 0.25) is 5.95 Å². The van der Waals surface area contributed by atoms with Gasteiger partial charge >= 0.3 is 17.8 Å². The number of carboxylic acids is 1. The molecule has 0 spiro atoms. The van der Waals surface area contributed by atoms with Crippen molar-refractivity contribution in [1.82, 2.24) is 29.2 Å². The number of amides is 3. The number of hydrogen-bond acceptors (Lipinski definition) is 9. The maximum Gasteiger partial charge on any atom is 0.438 e. The molecule has 3 aliphatic heterocycles. The van der Waals surface area contributed by atoms with Crippen LogP contribution in [0.25, 0.3) is 16.6 Å². The van der Waals surface area contributed by atoms with E-state index in [0.717, 1.165) is 29.3 Å². The summed E-state index contributed by atoms with van der Waals surface area (Å²) < 4.78 is 13.8. The third-order valence-electron chi connectivity index (χ3n) is 12.5. The van der Waals surface area contributed by atoms with Gasteiger partial charge in [-0.2, -0.15) is 0 Å². The second-order valence-electron chi connectivity index (χ2n) is 15.7. The molecule has 1 aliphatic carbocycles. The predicted octanol–water partition coefficient (Wildman–Crippen LogP) is 4.88. The Morgan fingerprint density at radius 3 is 2.39 bits per heavy atom. The van der Waals surface area contributed by atoms with E-state index in [1.807, 2.05) is 54.0 Å². The molecule has 6 heterocycles. The number of anilines is 2. The number of carbonyl (C=O) groups excluding carboxylic acids is 2. The maximum absolute atomic E-state index is 15.0. The minimum atomic E-state index is -1.24. The minimum Gasteiger partial charge on any atom is -0.478 e. The van der Waals surface area contributed by atoms with Crippen molar-refractivity contribution in [2.24, 2.45) is 5.92 Å². The van der Waals surface area contributed by atoms with Crippen LogP contribution < -0.4 is 21.1 Å². The quantitative estimate of drug-likeness (QED) is 0.215. The number of benzene rings is 3. The van der Waals surface area contributed by atoms with E-state index in [-0.39, 0.29) is 55.1 Å². The van der Waals surface area contributed by atoms with Crippen molar-refractivity contribution in [3.8, 4) is 5.69 Å². The predicted molar refractivity (Wildman–Crippen MR) is 214 cm³/mol. The maximum atomic E-state index is 15.0. The largest absolute Gasteiger partial charge is 0.478 e. The number of hydrogen-bond donors (Lipinski definition) is 2. The summed E-state index contributed by atoms with van der Waals surface area (Å²) in [5.41, 5.74) is 2.29. The van der Waals surface area contributed by atoms with Gasteiger partial charge in [-0.15, -0.1) is 0 Å². The molecule has 300 valence electrons. The number of para-hydroxylation sites is 2.